The van der Waals surface area contributed by atoms with Crippen LogP contribution in [0.1, 0.15) is 12.5 Å². The maximum atomic E-state index is 11.9. The highest BCUT2D eigenvalue weighted by Crippen LogP contribution is 2.17. The second-order valence-corrected chi connectivity index (χ2v) is 5.11. The Kier molecular flexibility index (Phi) is 4.53. The van der Waals surface area contributed by atoms with Gasteiger partial charge in [-0.25, -0.2) is 0 Å². The highest BCUT2D eigenvalue weighted by atomic mass is 79.9. The molecule has 0 saturated carbocycles. The molecule has 1 amide bonds. The summed E-state index contributed by atoms with van der Waals surface area (Å²) in [6.07, 6.45) is 1.61. The minimum Gasteiger partial charge on any atom is -0.323 e. The monoisotopic (exact) mass is 315 g/mol. The summed E-state index contributed by atoms with van der Waals surface area (Å²) in [4.78, 5) is 11.9. The molecule has 96 valence electrons. The van der Waals surface area contributed by atoms with E-state index in [0.717, 1.165) is 21.3 Å². The number of halogens is 1. The van der Waals surface area contributed by atoms with Crippen molar-refractivity contribution in [2.24, 2.45) is 0 Å². The van der Waals surface area contributed by atoms with Gasteiger partial charge in [0.2, 0.25) is 5.91 Å². The van der Waals surface area contributed by atoms with E-state index in [4.69, 9.17) is 0 Å². The largest absolute Gasteiger partial charge is 0.323 e. The van der Waals surface area contributed by atoms with E-state index in [9.17, 15) is 4.79 Å². The van der Waals surface area contributed by atoms with Crippen LogP contribution in [0, 0.1) is 0 Å². The second-order valence-electron chi connectivity index (χ2n) is 4.19. The van der Waals surface area contributed by atoms with Crippen molar-refractivity contribution < 1.29 is 4.79 Å². The maximum Gasteiger partial charge on any atom is 0.248 e. The average molecular weight is 316 g/mol. The molecule has 19 heavy (non-hydrogen) atoms. The normalized spacial score (nSPS) is 11.2. The summed E-state index contributed by atoms with van der Waals surface area (Å²) in [5.41, 5.74) is 2.76. The third-order valence-electron chi connectivity index (χ3n) is 2.69. The zero-order valence-electron chi connectivity index (χ0n) is 10.6. The maximum absolute atomic E-state index is 11.9. The number of hydrogen-bond donors (Lipinski definition) is 1. The number of carbonyl (C=O) groups is 1. The van der Waals surface area contributed by atoms with Crippen LogP contribution in [0.15, 0.2) is 65.1 Å². The van der Waals surface area contributed by atoms with Gasteiger partial charge in [0.05, 0.1) is 0 Å². The van der Waals surface area contributed by atoms with E-state index in [0.29, 0.717) is 0 Å². The minimum atomic E-state index is -0.119. The van der Waals surface area contributed by atoms with Gasteiger partial charge >= 0.3 is 0 Å². The fourth-order valence-corrected chi connectivity index (χ4v) is 1.96. The van der Waals surface area contributed by atoms with Crippen molar-refractivity contribution in [3.63, 3.8) is 0 Å². The highest BCUT2D eigenvalue weighted by molar-refractivity contribution is 9.10. The van der Waals surface area contributed by atoms with Crippen LogP contribution in [0.3, 0.4) is 0 Å². The van der Waals surface area contributed by atoms with Crippen LogP contribution in [-0.2, 0) is 4.79 Å². The zero-order valence-corrected chi connectivity index (χ0v) is 12.1. The van der Waals surface area contributed by atoms with Gasteiger partial charge in [-0.15, -0.1) is 0 Å². The molecule has 0 unspecified atom stereocenters. The second kappa shape index (κ2) is 6.34. The minimum absolute atomic E-state index is 0.119. The first-order valence-electron chi connectivity index (χ1n) is 5.95. The molecule has 0 aromatic heterocycles. The predicted molar refractivity (Wildman–Crippen MR) is 82.9 cm³/mol. The summed E-state index contributed by atoms with van der Waals surface area (Å²) in [5.74, 6) is -0.119. The van der Waals surface area contributed by atoms with Crippen molar-refractivity contribution in [2.45, 2.75) is 6.92 Å². The van der Waals surface area contributed by atoms with Crippen molar-refractivity contribution >= 4 is 33.1 Å². The SMILES string of the molecule is CC(=CC(=O)Nc1ccccc1)c1ccc(Br)cc1. The van der Waals surface area contributed by atoms with Crippen LogP contribution in [-0.4, -0.2) is 5.91 Å². The van der Waals surface area contributed by atoms with Gasteiger partial charge in [-0.1, -0.05) is 46.3 Å². The lowest BCUT2D eigenvalue weighted by molar-refractivity contribution is -0.111. The van der Waals surface area contributed by atoms with Crippen LogP contribution in [0.2, 0.25) is 0 Å². The van der Waals surface area contributed by atoms with E-state index in [1.807, 2.05) is 61.5 Å². The Bertz CT molecular complexity index is 588. The number of hydrogen-bond acceptors (Lipinski definition) is 1. The highest BCUT2D eigenvalue weighted by Gasteiger charge is 2.01. The number of nitrogens with one attached hydrogen (secondary N) is 1. The van der Waals surface area contributed by atoms with Gasteiger partial charge in [0.25, 0.3) is 0 Å². The van der Waals surface area contributed by atoms with Crippen LogP contribution < -0.4 is 5.32 Å². The summed E-state index contributed by atoms with van der Waals surface area (Å²) in [5, 5.41) is 2.83. The first kappa shape index (κ1) is 13.6. The zero-order chi connectivity index (χ0) is 13.7. The van der Waals surface area contributed by atoms with Crippen LogP contribution in [0.5, 0.6) is 0 Å². The molecule has 0 aliphatic rings. The Balaban J connectivity index is 2.08. The number of carbonyl (C=O) groups excluding carboxylic acids is 1. The lowest BCUT2D eigenvalue weighted by Crippen LogP contribution is -2.08. The Labute approximate surface area is 121 Å². The van der Waals surface area contributed by atoms with Gasteiger partial charge in [0.15, 0.2) is 0 Å². The molecule has 1 N–H and O–H groups in total. The molecular formula is C16H14BrNO. The predicted octanol–water partition coefficient (Wildman–Crippen LogP) is 4.49. The molecule has 2 nitrogen and oxygen atoms in total. The van der Waals surface area contributed by atoms with E-state index < -0.39 is 0 Å². The molecule has 0 saturated heterocycles. The number of para-hydroxylation sites is 1. The summed E-state index contributed by atoms with van der Waals surface area (Å²) in [6.45, 7) is 1.92. The van der Waals surface area contributed by atoms with E-state index >= 15 is 0 Å². The van der Waals surface area contributed by atoms with Gasteiger partial charge in [-0.05, 0) is 42.3 Å². The average Bonchev–Trinajstić information content (AvgIpc) is 2.40. The van der Waals surface area contributed by atoms with Crippen molar-refractivity contribution in [1.82, 2.24) is 0 Å². The van der Waals surface area contributed by atoms with Gasteiger partial charge in [0, 0.05) is 16.2 Å². The molecular weight excluding hydrogens is 302 g/mol. The van der Waals surface area contributed by atoms with Crippen LogP contribution in [0.25, 0.3) is 5.57 Å². The van der Waals surface area contributed by atoms with E-state index in [-0.39, 0.29) is 5.91 Å². The molecule has 2 aromatic carbocycles. The van der Waals surface area contributed by atoms with Gasteiger partial charge < -0.3 is 5.32 Å². The number of rotatable bonds is 3. The number of benzene rings is 2. The standard InChI is InChI=1S/C16H14BrNO/c1-12(13-7-9-14(17)10-8-13)11-16(19)18-15-5-3-2-4-6-15/h2-11H,1H3,(H,18,19). The Morgan fingerprint density at radius 1 is 1.05 bits per heavy atom. The molecule has 2 rings (SSSR count). The summed E-state index contributed by atoms with van der Waals surface area (Å²) >= 11 is 3.39. The molecule has 0 heterocycles. The van der Waals surface area contributed by atoms with E-state index in [1.165, 1.54) is 0 Å². The third kappa shape index (κ3) is 4.07. The molecule has 0 spiro atoms. The lowest BCUT2D eigenvalue weighted by Gasteiger charge is -2.04. The van der Waals surface area contributed by atoms with Crippen molar-refractivity contribution in [1.29, 1.82) is 0 Å². The van der Waals surface area contributed by atoms with Crippen LogP contribution in [0.4, 0.5) is 5.69 Å². The van der Waals surface area contributed by atoms with Crippen molar-refractivity contribution in [3.05, 3.63) is 70.7 Å². The van der Waals surface area contributed by atoms with Crippen molar-refractivity contribution in [2.75, 3.05) is 5.32 Å². The molecule has 3 heteroatoms. The fraction of sp³-hybridized carbons (Fsp3) is 0.0625. The smallest absolute Gasteiger partial charge is 0.248 e. The van der Waals surface area contributed by atoms with Crippen LogP contribution >= 0.6 is 15.9 Å². The Morgan fingerprint density at radius 3 is 2.32 bits per heavy atom. The third-order valence-corrected chi connectivity index (χ3v) is 3.22. The van der Waals surface area contributed by atoms with E-state index in [1.54, 1.807) is 6.08 Å². The summed E-state index contributed by atoms with van der Waals surface area (Å²) < 4.78 is 1.03. The van der Waals surface area contributed by atoms with Gasteiger partial charge in [-0.3, -0.25) is 4.79 Å². The molecule has 2 aromatic rings. The fourth-order valence-electron chi connectivity index (χ4n) is 1.69. The summed E-state index contributed by atoms with van der Waals surface area (Å²) in [6, 6.07) is 17.3. The molecule has 0 aliphatic carbocycles. The topological polar surface area (TPSA) is 29.1 Å². The van der Waals surface area contributed by atoms with Gasteiger partial charge in [0.1, 0.15) is 0 Å². The quantitative estimate of drug-likeness (QED) is 0.831. The van der Waals surface area contributed by atoms with Gasteiger partial charge in [-0.2, -0.15) is 0 Å². The first-order chi connectivity index (χ1) is 9.15. The molecule has 0 aliphatic heterocycles. The summed E-state index contributed by atoms with van der Waals surface area (Å²) in [7, 11) is 0. The van der Waals surface area contributed by atoms with E-state index in [2.05, 4.69) is 21.2 Å². The number of allylic oxidation sites excluding steroid dienone is 1. The molecule has 0 radical (unpaired) electrons. The lowest BCUT2D eigenvalue weighted by atomic mass is 10.1. The number of amides is 1. The molecule has 0 bridgehead atoms. The molecule has 0 atom stereocenters. The first-order valence-corrected chi connectivity index (χ1v) is 6.75. The number of anilines is 1. The Hall–Kier alpha value is -1.87. The van der Waals surface area contributed by atoms with Crippen molar-refractivity contribution in [3.8, 4) is 0 Å². The molecule has 0 fully saturated rings. The Morgan fingerprint density at radius 2 is 1.68 bits per heavy atom.